The third kappa shape index (κ3) is 4.65. The summed E-state index contributed by atoms with van der Waals surface area (Å²) in [4.78, 5) is 25.0. The van der Waals surface area contributed by atoms with Crippen LogP contribution >= 0.6 is 23.5 Å². The molecule has 0 saturated heterocycles. The summed E-state index contributed by atoms with van der Waals surface area (Å²) in [5.41, 5.74) is 3.24. The van der Waals surface area contributed by atoms with Crippen LogP contribution in [0.25, 0.3) is 0 Å². The van der Waals surface area contributed by atoms with Crippen molar-refractivity contribution in [2.75, 3.05) is 17.8 Å². The van der Waals surface area contributed by atoms with E-state index in [0.717, 1.165) is 9.80 Å². The van der Waals surface area contributed by atoms with Crippen molar-refractivity contribution in [1.29, 1.82) is 0 Å². The summed E-state index contributed by atoms with van der Waals surface area (Å²) in [5, 5.41) is 2.85. The Morgan fingerprint density at radius 1 is 1.05 bits per heavy atom. The minimum Gasteiger partial charge on any atom is -0.322 e. The highest BCUT2D eigenvalue weighted by Gasteiger charge is 2.25. The number of ketones is 1. The first kappa shape index (κ1) is 18.8. The van der Waals surface area contributed by atoms with Crippen LogP contribution in [0.2, 0.25) is 0 Å². The highest BCUT2D eigenvalue weighted by Crippen LogP contribution is 2.30. The molecule has 0 aliphatic heterocycles. The molecule has 1 N–H and O–H groups in total. The molecule has 0 fully saturated rings. The highest BCUT2D eigenvalue weighted by molar-refractivity contribution is 8.21. The molecule has 0 bridgehead atoms. The van der Waals surface area contributed by atoms with Gasteiger partial charge in [0.25, 0.3) is 5.91 Å². The van der Waals surface area contributed by atoms with E-state index in [9.17, 15) is 9.59 Å². The molecule has 0 heterocycles. The molecule has 0 unspecified atom stereocenters. The van der Waals surface area contributed by atoms with E-state index in [1.165, 1.54) is 29.1 Å². The summed E-state index contributed by atoms with van der Waals surface area (Å²) in [6.45, 7) is 7.64. The summed E-state index contributed by atoms with van der Waals surface area (Å²) >= 11 is 2.86. The number of Topliss-reactive ketones (excluding diaryl/α,β-unsaturated/α-hetero) is 1. The molecule has 120 valence electrons. The van der Waals surface area contributed by atoms with Gasteiger partial charge in [0.1, 0.15) is 5.57 Å². The zero-order chi connectivity index (χ0) is 16.9. The first-order valence-electron chi connectivity index (χ1n) is 7.06. The van der Waals surface area contributed by atoms with Crippen molar-refractivity contribution < 1.29 is 9.59 Å². The van der Waals surface area contributed by atoms with Crippen molar-refractivity contribution in [3.05, 3.63) is 39.1 Å². The largest absolute Gasteiger partial charge is 0.322 e. The van der Waals surface area contributed by atoms with E-state index in [-0.39, 0.29) is 23.2 Å². The maximum atomic E-state index is 12.6. The molecule has 22 heavy (non-hydrogen) atoms. The molecule has 1 rings (SSSR count). The lowest BCUT2D eigenvalue weighted by Gasteiger charge is -2.14. The number of aryl methyl sites for hydroxylation is 2. The maximum absolute atomic E-state index is 12.6. The van der Waals surface area contributed by atoms with E-state index in [2.05, 4.69) is 5.32 Å². The predicted molar refractivity (Wildman–Crippen MR) is 98.4 cm³/mol. The van der Waals surface area contributed by atoms with Crippen LogP contribution < -0.4 is 5.32 Å². The van der Waals surface area contributed by atoms with Gasteiger partial charge in [0.15, 0.2) is 5.78 Å². The van der Waals surface area contributed by atoms with Gasteiger partial charge in [-0.2, -0.15) is 0 Å². The molecule has 0 saturated carbocycles. The lowest BCUT2D eigenvalue weighted by molar-refractivity contribution is -0.122. The molecule has 0 aromatic heterocycles. The van der Waals surface area contributed by atoms with Gasteiger partial charge in [-0.1, -0.05) is 19.9 Å². The molecular formula is C17H23NO2S2. The fraction of sp³-hybridized carbons (Fsp3) is 0.412. The van der Waals surface area contributed by atoms with Gasteiger partial charge >= 0.3 is 0 Å². The lowest BCUT2D eigenvalue weighted by atomic mass is 10.0. The van der Waals surface area contributed by atoms with Gasteiger partial charge in [-0.15, -0.1) is 23.5 Å². The smallest absolute Gasteiger partial charge is 0.260 e. The lowest BCUT2D eigenvalue weighted by Crippen LogP contribution is -2.24. The average Bonchev–Trinajstić information content (AvgIpc) is 2.47. The van der Waals surface area contributed by atoms with Crippen LogP contribution in [0.15, 0.2) is 28.0 Å². The predicted octanol–water partition coefficient (Wildman–Crippen LogP) is 4.40. The number of nitrogens with one attached hydrogen (secondary N) is 1. The van der Waals surface area contributed by atoms with Gasteiger partial charge in [0.2, 0.25) is 0 Å². The van der Waals surface area contributed by atoms with Crippen LogP contribution in [0.1, 0.15) is 25.0 Å². The van der Waals surface area contributed by atoms with Gasteiger partial charge in [0, 0.05) is 11.6 Å². The van der Waals surface area contributed by atoms with E-state index in [1.807, 2.05) is 58.4 Å². The van der Waals surface area contributed by atoms with Crippen LogP contribution in [0, 0.1) is 19.8 Å². The Hall–Kier alpha value is -1.20. The number of carbonyl (C=O) groups excluding carboxylic acids is 2. The molecule has 5 heteroatoms. The Morgan fingerprint density at radius 2 is 1.64 bits per heavy atom. The van der Waals surface area contributed by atoms with Gasteiger partial charge in [-0.3, -0.25) is 9.59 Å². The summed E-state index contributed by atoms with van der Waals surface area (Å²) in [6.07, 6.45) is 3.76. The van der Waals surface area contributed by atoms with Crippen LogP contribution in [0.3, 0.4) is 0 Å². The summed E-state index contributed by atoms with van der Waals surface area (Å²) in [6, 6.07) is 5.74. The van der Waals surface area contributed by atoms with Crippen LogP contribution in [-0.2, 0) is 9.59 Å². The first-order valence-corrected chi connectivity index (χ1v) is 9.51. The third-order valence-corrected chi connectivity index (χ3v) is 5.49. The van der Waals surface area contributed by atoms with Crippen molar-refractivity contribution in [3.8, 4) is 0 Å². The standard InChI is InChI=1S/C17H23NO2S2/c1-10(2)15(19)14(17(21-5)22-6)16(20)18-13-8-7-11(3)12(4)9-13/h7-10H,1-6H3,(H,18,20). The SMILES string of the molecule is CSC(SC)=C(C(=O)Nc1ccc(C)c(C)c1)C(=O)C(C)C. The van der Waals surface area contributed by atoms with E-state index in [0.29, 0.717) is 5.69 Å². The number of thioether (sulfide) groups is 2. The zero-order valence-electron chi connectivity index (χ0n) is 13.9. The van der Waals surface area contributed by atoms with Crippen LogP contribution in [0.4, 0.5) is 5.69 Å². The second-order valence-corrected chi connectivity index (χ2v) is 7.23. The number of carbonyl (C=O) groups is 2. The summed E-state index contributed by atoms with van der Waals surface area (Å²) < 4.78 is 0.750. The van der Waals surface area contributed by atoms with E-state index >= 15 is 0 Å². The van der Waals surface area contributed by atoms with E-state index in [4.69, 9.17) is 0 Å². The molecule has 3 nitrogen and oxygen atoms in total. The molecule has 0 spiro atoms. The van der Waals surface area contributed by atoms with Gasteiger partial charge in [0.05, 0.1) is 4.24 Å². The fourth-order valence-corrected chi connectivity index (χ4v) is 3.36. The van der Waals surface area contributed by atoms with Crippen LogP contribution in [-0.4, -0.2) is 24.2 Å². The van der Waals surface area contributed by atoms with E-state index < -0.39 is 0 Å². The molecule has 1 amide bonds. The highest BCUT2D eigenvalue weighted by atomic mass is 32.2. The molecule has 1 aromatic rings. The van der Waals surface area contributed by atoms with Gasteiger partial charge in [-0.05, 0) is 49.6 Å². The Balaban J connectivity index is 3.15. The third-order valence-electron chi connectivity index (χ3n) is 3.34. The molecule has 0 atom stereocenters. The average molecular weight is 338 g/mol. The Morgan fingerprint density at radius 3 is 2.09 bits per heavy atom. The topological polar surface area (TPSA) is 46.2 Å². The van der Waals surface area contributed by atoms with Crippen molar-refractivity contribution in [1.82, 2.24) is 0 Å². The summed E-state index contributed by atoms with van der Waals surface area (Å²) in [7, 11) is 0. The molecule has 0 radical (unpaired) electrons. The Kier molecular flexibility index (Phi) is 7.23. The number of hydrogen-bond donors (Lipinski definition) is 1. The quantitative estimate of drug-likeness (QED) is 0.475. The minimum atomic E-state index is -0.333. The Labute approximate surface area is 141 Å². The molecule has 0 aliphatic rings. The van der Waals surface area contributed by atoms with Gasteiger partial charge in [-0.25, -0.2) is 0 Å². The van der Waals surface area contributed by atoms with Crippen molar-refractivity contribution in [2.45, 2.75) is 27.7 Å². The zero-order valence-corrected chi connectivity index (χ0v) is 15.6. The molecule has 1 aromatic carbocycles. The second kappa shape index (κ2) is 8.44. The molecular weight excluding hydrogens is 314 g/mol. The number of hydrogen-bond acceptors (Lipinski definition) is 4. The van der Waals surface area contributed by atoms with Gasteiger partial charge < -0.3 is 5.32 Å². The monoisotopic (exact) mass is 337 g/mol. The van der Waals surface area contributed by atoms with Crippen molar-refractivity contribution >= 4 is 40.9 Å². The van der Waals surface area contributed by atoms with Crippen molar-refractivity contribution in [3.63, 3.8) is 0 Å². The summed E-state index contributed by atoms with van der Waals surface area (Å²) in [5.74, 6) is -0.671. The minimum absolute atomic E-state index is 0.125. The maximum Gasteiger partial charge on any atom is 0.260 e. The normalized spacial score (nSPS) is 10.5. The first-order chi connectivity index (χ1) is 10.3. The second-order valence-electron chi connectivity index (χ2n) is 5.34. The Bertz CT molecular complexity index is 601. The molecule has 0 aliphatic carbocycles. The fourth-order valence-electron chi connectivity index (χ4n) is 1.89. The number of benzene rings is 1. The van der Waals surface area contributed by atoms with Crippen molar-refractivity contribution in [2.24, 2.45) is 5.92 Å². The number of anilines is 1. The van der Waals surface area contributed by atoms with Crippen LogP contribution in [0.5, 0.6) is 0 Å². The number of rotatable bonds is 6. The van der Waals surface area contributed by atoms with E-state index in [1.54, 1.807) is 0 Å². The number of amides is 1.